The number of fused-ring (bicyclic) bond motifs is 1. The van der Waals surface area contributed by atoms with Crippen LogP contribution in [0.2, 0.25) is 0 Å². The molecule has 1 aromatic carbocycles. The third kappa shape index (κ3) is 8.43. The minimum atomic E-state index is -0.847. The Bertz CT molecular complexity index is 806. The molecular formula is C25H38N2O8. The minimum absolute atomic E-state index is 0.225. The molecule has 5 unspecified atom stereocenters. The van der Waals surface area contributed by atoms with Crippen molar-refractivity contribution in [3.63, 3.8) is 0 Å². The molecule has 0 bridgehead atoms. The summed E-state index contributed by atoms with van der Waals surface area (Å²) in [5.74, 6) is -1.07. The number of carbonyl (C=O) groups excluding carboxylic acids is 2. The second-order valence-corrected chi connectivity index (χ2v) is 9.29. The zero-order valence-corrected chi connectivity index (χ0v) is 20.7. The molecule has 0 radical (unpaired) electrons. The van der Waals surface area contributed by atoms with Crippen LogP contribution in [0.3, 0.4) is 0 Å². The van der Waals surface area contributed by atoms with E-state index in [0.717, 1.165) is 31.2 Å². The Morgan fingerprint density at radius 1 is 1.06 bits per heavy atom. The fourth-order valence-electron chi connectivity index (χ4n) is 4.29. The Kier molecular flexibility index (Phi) is 10.3. The molecule has 196 valence electrons. The highest BCUT2D eigenvalue weighted by molar-refractivity contribution is 5.73. The van der Waals surface area contributed by atoms with Crippen LogP contribution in [-0.4, -0.2) is 73.3 Å². The van der Waals surface area contributed by atoms with E-state index in [4.69, 9.17) is 23.7 Å². The summed E-state index contributed by atoms with van der Waals surface area (Å²) in [5, 5.41) is 15.4. The second-order valence-electron chi connectivity index (χ2n) is 9.29. The predicted octanol–water partition coefficient (Wildman–Crippen LogP) is 2.23. The molecule has 2 amide bonds. The Morgan fingerprint density at radius 2 is 1.77 bits per heavy atom. The third-order valence-electron chi connectivity index (χ3n) is 5.87. The van der Waals surface area contributed by atoms with E-state index in [2.05, 4.69) is 10.6 Å². The number of alkyl carbamates (subject to hydrolysis) is 1. The molecule has 2 heterocycles. The van der Waals surface area contributed by atoms with Gasteiger partial charge in [0.05, 0.1) is 6.61 Å². The van der Waals surface area contributed by atoms with Gasteiger partial charge < -0.3 is 39.4 Å². The maximum absolute atomic E-state index is 11.8. The van der Waals surface area contributed by atoms with Gasteiger partial charge in [-0.1, -0.05) is 43.2 Å². The molecule has 2 aliphatic heterocycles. The van der Waals surface area contributed by atoms with E-state index >= 15 is 0 Å². The number of aliphatic hydroxyl groups is 1. The summed E-state index contributed by atoms with van der Waals surface area (Å²) in [4.78, 5) is 23.6. The summed E-state index contributed by atoms with van der Waals surface area (Å²) >= 11 is 0. The molecule has 2 aliphatic rings. The molecule has 10 heteroatoms. The van der Waals surface area contributed by atoms with Crippen molar-refractivity contribution in [1.29, 1.82) is 0 Å². The highest BCUT2D eigenvalue weighted by atomic mass is 16.8. The second kappa shape index (κ2) is 13.2. The van der Waals surface area contributed by atoms with E-state index in [9.17, 15) is 14.7 Å². The van der Waals surface area contributed by atoms with Crippen LogP contribution in [0.4, 0.5) is 4.79 Å². The summed E-state index contributed by atoms with van der Waals surface area (Å²) in [7, 11) is 0. The number of rotatable bonds is 12. The van der Waals surface area contributed by atoms with Crippen LogP contribution in [0.5, 0.6) is 0 Å². The predicted molar refractivity (Wildman–Crippen MR) is 126 cm³/mol. The Morgan fingerprint density at radius 3 is 2.49 bits per heavy atom. The van der Waals surface area contributed by atoms with Gasteiger partial charge in [-0.3, -0.25) is 4.79 Å². The first kappa shape index (κ1) is 27.3. The number of ether oxygens (including phenoxy) is 5. The number of hydrogen-bond donors (Lipinski definition) is 3. The zero-order valence-electron chi connectivity index (χ0n) is 20.7. The van der Waals surface area contributed by atoms with Crippen molar-refractivity contribution in [2.24, 2.45) is 0 Å². The van der Waals surface area contributed by atoms with Gasteiger partial charge in [0.15, 0.2) is 12.1 Å². The lowest BCUT2D eigenvalue weighted by Crippen LogP contribution is -2.63. The fraction of sp³-hybridized carbons (Fsp3) is 0.680. The molecule has 3 N–H and O–H groups in total. The van der Waals surface area contributed by atoms with Gasteiger partial charge in [0.25, 0.3) is 0 Å². The van der Waals surface area contributed by atoms with Crippen molar-refractivity contribution < 1.29 is 38.4 Å². The van der Waals surface area contributed by atoms with Crippen LogP contribution in [-0.2, 0) is 35.1 Å². The first-order chi connectivity index (χ1) is 16.8. The number of hydrogen-bond acceptors (Lipinski definition) is 8. The van der Waals surface area contributed by atoms with Crippen LogP contribution in [0.1, 0.15) is 52.0 Å². The first-order valence-electron chi connectivity index (χ1n) is 12.2. The van der Waals surface area contributed by atoms with Gasteiger partial charge in [0.2, 0.25) is 5.91 Å². The number of carbonyl (C=O) groups is 2. The Hall–Kier alpha value is -2.24. The smallest absolute Gasteiger partial charge is 0.407 e. The number of benzene rings is 1. The lowest BCUT2D eigenvalue weighted by Gasteiger charge is -2.41. The van der Waals surface area contributed by atoms with Crippen molar-refractivity contribution in [2.45, 2.75) is 89.5 Å². The molecule has 35 heavy (non-hydrogen) atoms. The van der Waals surface area contributed by atoms with E-state index in [1.807, 2.05) is 30.3 Å². The standard InChI is InChI=1S/C25H38N2O8/c1-17(29)27-20-22-21(34-25(2,3)35-22)19(15-28)33-23(20)31-14-10-5-4-9-13-26-24(30)32-16-18-11-7-6-8-12-18/h6-8,11-12,19-23,28H,4-5,9-10,13-16H2,1-3H3,(H,26,30)(H,27,29). The maximum atomic E-state index is 11.8. The first-order valence-corrected chi connectivity index (χ1v) is 12.2. The summed E-state index contributed by atoms with van der Waals surface area (Å²) in [6.07, 6.45) is 0.653. The van der Waals surface area contributed by atoms with Crippen molar-refractivity contribution in [3.8, 4) is 0 Å². The van der Waals surface area contributed by atoms with Crippen LogP contribution in [0.25, 0.3) is 0 Å². The normalized spacial score (nSPS) is 27.1. The van der Waals surface area contributed by atoms with E-state index in [1.54, 1.807) is 13.8 Å². The van der Waals surface area contributed by atoms with Crippen molar-refractivity contribution in [3.05, 3.63) is 35.9 Å². The molecule has 0 aliphatic carbocycles. The zero-order chi connectivity index (χ0) is 25.3. The number of unbranched alkanes of at least 4 members (excludes halogenated alkanes) is 3. The molecule has 0 spiro atoms. The van der Waals surface area contributed by atoms with E-state index in [1.165, 1.54) is 6.92 Å². The summed E-state index contributed by atoms with van der Waals surface area (Å²) in [6.45, 7) is 5.98. The average molecular weight is 495 g/mol. The van der Waals surface area contributed by atoms with Gasteiger partial charge in [-0.2, -0.15) is 0 Å². The van der Waals surface area contributed by atoms with Gasteiger partial charge >= 0.3 is 6.09 Å². The fourth-order valence-corrected chi connectivity index (χ4v) is 4.29. The summed E-state index contributed by atoms with van der Waals surface area (Å²) < 4.78 is 29.0. The van der Waals surface area contributed by atoms with Gasteiger partial charge in [0.1, 0.15) is 31.0 Å². The van der Waals surface area contributed by atoms with E-state index in [-0.39, 0.29) is 19.1 Å². The van der Waals surface area contributed by atoms with E-state index in [0.29, 0.717) is 13.2 Å². The largest absolute Gasteiger partial charge is 0.445 e. The molecule has 0 saturated carbocycles. The van der Waals surface area contributed by atoms with Crippen LogP contribution >= 0.6 is 0 Å². The average Bonchev–Trinajstić information content (AvgIpc) is 3.16. The quantitative estimate of drug-likeness (QED) is 0.378. The van der Waals surface area contributed by atoms with Gasteiger partial charge in [0, 0.05) is 20.1 Å². The lowest BCUT2D eigenvalue weighted by atomic mass is 9.97. The topological polar surface area (TPSA) is 125 Å². The molecule has 3 rings (SSSR count). The molecule has 5 atom stereocenters. The maximum Gasteiger partial charge on any atom is 0.407 e. The van der Waals surface area contributed by atoms with Crippen LogP contribution < -0.4 is 10.6 Å². The summed E-state index contributed by atoms with van der Waals surface area (Å²) in [5.41, 5.74) is 0.946. The third-order valence-corrected chi connectivity index (χ3v) is 5.87. The molecular weight excluding hydrogens is 456 g/mol. The lowest BCUT2D eigenvalue weighted by molar-refractivity contribution is -0.251. The molecule has 2 fully saturated rings. The Balaban J connectivity index is 1.33. The monoisotopic (exact) mass is 494 g/mol. The SMILES string of the molecule is CC(=O)NC1C(OCCCCCCNC(=O)OCc2ccccc2)OC(CO)C2OC(C)(C)OC12. The number of aliphatic hydroxyl groups excluding tert-OH is 1. The highest BCUT2D eigenvalue weighted by Gasteiger charge is 2.55. The molecule has 0 aromatic heterocycles. The van der Waals surface area contributed by atoms with Crippen molar-refractivity contribution >= 4 is 12.0 Å². The van der Waals surface area contributed by atoms with Gasteiger partial charge in [-0.15, -0.1) is 0 Å². The van der Waals surface area contributed by atoms with Crippen molar-refractivity contribution in [2.75, 3.05) is 19.8 Å². The number of nitrogens with one attached hydrogen (secondary N) is 2. The molecule has 10 nitrogen and oxygen atoms in total. The summed E-state index contributed by atoms with van der Waals surface area (Å²) in [6, 6.07) is 8.99. The highest BCUT2D eigenvalue weighted by Crippen LogP contribution is 2.37. The Labute approximate surface area is 206 Å². The van der Waals surface area contributed by atoms with E-state index < -0.39 is 42.5 Å². The van der Waals surface area contributed by atoms with Crippen molar-refractivity contribution in [1.82, 2.24) is 10.6 Å². The molecule has 2 saturated heterocycles. The van der Waals surface area contributed by atoms with Gasteiger partial charge in [-0.25, -0.2) is 4.79 Å². The van der Waals surface area contributed by atoms with Gasteiger partial charge in [-0.05, 0) is 32.3 Å². The van der Waals surface area contributed by atoms with Crippen LogP contribution in [0.15, 0.2) is 30.3 Å². The number of amides is 2. The minimum Gasteiger partial charge on any atom is -0.445 e. The van der Waals surface area contributed by atoms with Crippen LogP contribution in [0, 0.1) is 0 Å². The molecule has 1 aromatic rings.